The lowest BCUT2D eigenvalue weighted by Gasteiger charge is -2.06. The topological polar surface area (TPSA) is 69.0 Å². The Kier molecular flexibility index (Phi) is 4.84. The van der Waals surface area contributed by atoms with Crippen LogP contribution in [-0.4, -0.2) is 33.9 Å². The predicted octanol–water partition coefficient (Wildman–Crippen LogP) is 1.13. The van der Waals surface area contributed by atoms with Crippen molar-refractivity contribution in [1.82, 2.24) is 20.1 Å². The van der Waals surface area contributed by atoms with Gasteiger partial charge in [0.15, 0.2) is 0 Å². The lowest BCUT2D eigenvalue weighted by atomic mass is 10.1. The lowest BCUT2D eigenvalue weighted by molar-refractivity contribution is -0.125. The molecule has 2 rings (SSSR count). The number of rotatable bonds is 6. The van der Waals surface area contributed by atoms with Crippen molar-refractivity contribution in [3.8, 4) is 11.1 Å². The fraction of sp³-hybridized carbons (Fsp3) is 0.357. The molecule has 0 spiro atoms. The van der Waals surface area contributed by atoms with Crippen LogP contribution in [0, 0.1) is 0 Å². The molecule has 20 heavy (non-hydrogen) atoms. The highest BCUT2D eigenvalue weighted by Gasteiger charge is 2.04. The third kappa shape index (κ3) is 3.89. The standard InChI is InChI=1S/C14H18N4O2/c1-3-20-10-14(19)16-6-11-4-12(7-15-5-11)13-8-17-18(2)9-13/h4-5,7-9H,3,6,10H2,1-2H3,(H,16,19). The van der Waals surface area contributed by atoms with E-state index in [4.69, 9.17) is 4.74 Å². The Labute approximate surface area is 117 Å². The molecule has 0 aliphatic heterocycles. The number of pyridine rings is 1. The average Bonchev–Trinajstić information content (AvgIpc) is 2.90. The fourth-order valence-corrected chi connectivity index (χ4v) is 1.76. The molecule has 0 aliphatic carbocycles. The molecular formula is C14H18N4O2. The Bertz CT molecular complexity index is 580. The molecule has 0 unspecified atom stereocenters. The quantitative estimate of drug-likeness (QED) is 0.857. The molecule has 1 N–H and O–H groups in total. The van der Waals surface area contributed by atoms with Crippen molar-refractivity contribution < 1.29 is 9.53 Å². The third-order valence-electron chi connectivity index (χ3n) is 2.76. The van der Waals surface area contributed by atoms with E-state index in [0.717, 1.165) is 16.7 Å². The molecule has 106 valence electrons. The fourth-order valence-electron chi connectivity index (χ4n) is 1.76. The van der Waals surface area contributed by atoms with Gasteiger partial charge in [-0.15, -0.1) is 0 Å². The second-order valence-corrected chi connectivity index (χ2v) is 4.40. The van der Waals surface area contributed by atoms with Gasteiger partial charge >= 0.3 is 0 Å². The van der Waals surface area contributed by atoms with Crippen molar-refractivity contribution in [2.24, 2.45) is 7.05 Å². The van der Waals surface area contributed by atoms with Gasteiger partial charge in [-0.2, -0.15) is 5.10 Å². The molecule has 0 aromatic carbocycles. The molecular weight excluding hydrogens is 256 g/mol. The maximum Gasteiger partial charge on any atom is 0.246 e. The molecule has 0 saturated carbocycles. The normalized spacial score (nSPS) is 10.5. The zero-order chi connectivity index (χ0) is 14.4. The summed E-state index contributed by atoms with van der Waals surface area (Å²) in [5.41, 5.74) is 2.92. The van der Waals surface area contributed by atoms with E-state index < -0.39 is 0 Å². The molecule has 2 aromatic rings. The largest absolute Gasteiger partial charge is 0.372 e. The summed E-state index contributed by atoms with van der Waals surface area (Å²) in [4.78, 5) is 15.7. The van der Waals surface area contributed by atoms with E-state index >= 15 is 0 Å². The van der Waals surface area contributed by atoms with E-state index in [2.05, 4.69) is 15.4 Å². The zero-order valence-corrected chi connectivity index (χ0v) is 11.7. The van der Waals surface area contributed by atoms with Crippen LogP contribution in [0.5, 0.6) is 0 Å². The first kappa shape index (κ1) is 14.2. The number of ether oxygens (including phenoxy) is 1. The first-order valence-corrected chi connectivity index (χ1v) is 6.46. The Morgan fingerprint density at radius 1 is 1.35 bits per heavy atom. The summed E-state index contributed by atoms with van der Waals surface area (Å²) in [6.07, 6.45) is 7.23. The van der Waals surface area contributed by atoms with Gasteiger partial charge in [-0.1, -0.05) is 0 Å². The number of amides is 1. The highest BCUT2D eigenvalue weighted by atomic mass is 16.5. The van der Waals surface area contributed by atoms with Gasteiger partial charge in [0.05, 0.1) is 6.20 Å². The Hall–Kier alpha value is -2.21. The highest BCUT2D eigenvalue weighted by molar-refractivity contribution is 5.77. The van der Waals surface area contributed by atoms with Crippen LogP contribution in [0.25, 0.3) is 11.1 Å². The number of nitrogens with zero attached hydrogens (tertiary/aromatic N) is 3. The minimum absolute atomic E-state index is 0.0895. The van der Waals surface area contributed by atoms with Gasteiger partial charge in [0, 0.05) is 49.9 Å². The molecule has 0 saturated heterocycles. The van der Waals surface area contributed by atoms with Crippen LogP contribution in [0.4, 0.5) is 0 Å². The van der Waals surface area contributed by atoms with E-state index in [-0.39, 0.29) is 12.5 Å². The Morgan fingerprint density at radius 2 is 2.20 bits per heavy atom. The van der Waals surface area contributed by atoms with Crippen molar-refractivity contribution in [2.75, 3.05) is 13.2 Å². The molecule has 6 heteroatoms. The summed E-state index contributed by atoms with van der Waals surface area (Å²) < 4.78 is 6.78. The molecule has 0 atom stereocenters. The molecule has 2 aromatic heterocycles. The Balaban J connectivity index is 1.98. The number of aryl methyl sites for hydroxylation is 1. The summed E-state index contributed by atoms with van der Waals surface area (Å²) in [7, 11) is 1.87. The first-order valence-electron chi connectivity index (χ1n) is 6.46. The summed E-state index contributed by atoms with van der Waals surface area (Å²) in [6.45, 7) is 2.92. The first-order chi connectivity index (χ1) is 9.69. The summed E-state index contributed by atoms with van der Waals surface area (Å²) in [6, 6.07) is 1.99. The highest BCUT2D eigenvalue weighted by Crippen LogP contribution is 2.18. The van der Waals surface area contributed by atoms with Gasteiger partial charge in [-0.05, 0) is 18.6 Å². The van der Waals surface area contributed by atoms with Gasteiger partial charge in [-0.3, -0.25) is 14.5 Å². The van der Waals surface area contributed by atoms with Crippen molar-refractivity contribution in [1.29, 1.82) is 0 Å². The maximum atomic E-state index is 11.5. The predicted molar refractivity (Wildman–Crippen MR) is 74.8 cm³/mol. The average molecular weight is 274 g/mol. The second-order valence-electron chi connectivity index (χ2n) is 4.40. The van der Waals surface area contributed by atoms with Gasteiger partial charge in [-0.25, -0.2) is 0 Å². The van der Waals surface area contributed by atoms with Crippen LogP contribution in [0.2, 0.25) is 0 Å². The van der Waals surface area contributed by atoms with E-state index in [1.165, 1.54) is 0 Å². The number of carbonyl (C=O) groups is 1. The third-order valence-corrected chi connectivity index (χ3v) is 2.76. The van der Waals surface area contributed by atoms with Crippen LogP contribution >= 0.6 is 0 Å². The molecule has 0 radical (unpaired) electrons. The van der Waals surface area contributed by atoms with Gasteiger partial charge in [0.2, 0.25) is 5.91 Å². The maximum absolute atomic E-state index is 11.5. The van der Waals surface area contributed by atoms with Crippen molar-refractivity contribution in [3.63, 3.8) is 0 Å². The molecule has 0 aliphatic rings. The van der Waals surface area contributed by atoms with E-state index in [9.17, 15) is 4.79 Å². The number of nitrogens with one attached hydrogen (secondary N) is 1. The van der Waals surface area contributed by atoms with Crippen LogP contribution < -0.4 is 5.32 Å². The van der Waals surface area contributed by atoms with Crippen molar-refractivity contribution in [3.05, 3.63) is 36.4 Å². The molecule has 6 nitrogen and oxygen atoms in total. The zero-order valence-electron chi connectivity index (χ0n) is 11.7. The molecule has 0 fully saturated rings. The van der Waals surface area contributed by atoms with Crippen molar-refractivity contribution >= 4 is 5.91 Å². The molecule has 2 heterocycles. The molecule has 0 bridgehead atoms. The van der Waals surface area contributed by atoms with Crippen LogP contribution in [0.3, 0.4) is 0 Å². The SMILES string of the molecule is CCOCC(=O)NCc1cncc(-c2cnn(C)c2)c1. The number of hydrogen-bond acceptors (Lipinski definition) is 4. The summed E-state index contributed by atoms with van der Waals surface area (Å²) >= 11 is 0. The van der Waals surface area contributed by atoms with Crippen LogP contribution in [0.15, 0.2) is 30.9 Å². The number of hydrogen-bond donors (Lipinski definition) is 1. The monoisotopic (exact) mass is 274 g/mol. The number of aromatic nitrogens is 3. The van der Waals surface area contributed by atoms with Crippen LogP contribution in [-0.2, 0) is 23.1 Å². The van der Waals surface area contributed by atoms with E-state index in [1.807, 2.05) is 26.2 Å². The minimum atomic E-state index is -0.126. The van der Waals surface area contributed by atoms with Crippen molar-refractivity contribution in [2.45, 2.75) is 13.5 Å². The smallest absolute Gasteiger partial charge is 0.246 e. The lowest BCUT2D eigenvalue weighted by Crippen LogP contribution is -2.27. The Morgan fingerprint density at radius 3 is 2.90 bits per heavy atom. The summed E-state index contributed by atoms with van der Waals surface area (Å²) in [5.74, 6) is -0.126. The second kappa shape index (κ2) is 6.81. The number of carbonyl (C=O) groups excluding carboxylic acids is 1. The van der Waals surface area contributed by atoms with Gasteiger partial charge < -0.3 is 10.1 Å². The van der Waals surface area contributed by atoms with E-state index in [1.54, 1.807) is 23.3 Å². The van der Waals surface area contributed by atoms with E-state index in [0.29, 0.717) is 13.2 Å². The molecule has 1 amide bonds. The van der Waals surface area contributed by atoms with Gasteiger partial charge in [0.1, 0.15) is 6.61 Å². The van der Waals surface area contributed by atoms with Gasteiger partial charge in [0.25, 0.3) is 0 Å². The minimum Gasteiger partial charge on any atom is -0.372 e. The van der Waals surface area contributed by atoms with Crippen LogP contribution in [0.1, 0.15) is 12.5 Å². The summed E-state index contributed by atoms with van der Waals surface area (Å²) in [5, 5.41) is 6.93.